The summed E-state index contributed by atoms with van der Waals surface area (Å²) in [5.41, 5.74) is 0.640. The average Bonchev–Trinajstić information content (AvgIpc) is 3.13. The van der Waals surface area contributed by atoms with Gasteiger partial charge in [-0.2, -0.15) is 4.31 Å². The largest absolute Gasteiger partial charge is 0.495 e. The Morgan fingerprint density at radius 3 is 2.27 bits per heavy atom. The van der Waals surface area contributed by atoms with Crippen molar-refractivity contribution >= 4 is 27.9 Å². The molecule has 0 radical (unpaired) electrons. The summed E-state index contributed by atoms with van der Waals surface area (Å²) in [5.74, 6) is 0.420. The summed E-state index contributed by atoms with van der Waals surface area (Å²) < 4.78 is 43.7. The molecule has 1 amide bonds. The lowest BCUT2D eigenvalue weighted by molar-refractivity contribution is -0.118. The Kier molecular flexibility index (Phi) is 8.29. The molecule has 1 aliphatic rings. The third-order valence-corrected chi connectivity index (χ3v) is 7.23. The number of benzene rings is 2. The van der Waals surface area contributed by atoms with Crippen molar-refractivity contribution in [3.63, 3.8) is 0 Å². The number of carbonyl (C=O) groups is 2. The van der Waals surface area contributed by atoms with E-state index >= 15 is 0 Å². The highest BCUT2D eigenvalue weighted by Crippen LogP contribution is 2.30. The van der Waals surface area contributed by atoms with Crippen LogP contribution in [0.15, 0.2) is 41.3 Å². The molecule has 0 unspecified atom stereocenters. The van der Waals surface area contributed by atoms with Crippen LogP contribution in [0.1, 0.15) is 36.0 Å². The molecule has 178 valence electrons. The number of hydrogen-bond acceptors (Lipinski definition) is 7. The average molecular weight is 477 g/mol. The van der Waals surface area contributed by atoms with Crippen LogP contribution in [0.25, 0.3) is 0 Å². The third kappa shape index (κ3) is 6.02. The number of rotatable bonds is 9. The zero-order valence-corrected chi connectivity index (χ0v) is 19.5. The summed E-state index contributed by atoms with van der Waals surface area (Å²) in [6.07, 6.45) is 4.36. The zero-order valence-electron chi connectivity index (χ0n) is 18.7. The monoisotopic (exact) mass is 476 g/mol. The van der Waals surface area contributed by atoms with Gasteiger partial charge in [0.1, 0.15) is 12.0 Å². The van der Waals surface area contributed by atoms with Crippen LogP contribution in [0, 0.1) is 0 Å². The highest BCUT2D eigenvalue weighted by Gasteiger charge is 2.26. The SMILES string of the molecule is COc1ccc(S(=O)(=O)N2CCCCCC2)cc1NC(=O)COc1ccc(C=O)cc1OC. The van der Waals surface area contributed by atoms with E-state index in [9.17, 15) is 18.0 Å². The first-order chi connectivity index (χ1) is 15.9. The lowest BCUT2D eigenvalue weighted by atomic mass is 10.2. The molecule has 2 aromatic rings. The van der Waals surface area contributed by atoms with Crippen molar-refractivity contribution in [2.45, 2.75) is 30.6 Å². The molecule has 0 saturated carbocycles. The molecule has 0 aromatic heterocycles. The molecule has 33 heavy (non-hydrogen) atoms. The summed E-state index contributed by atoms with van der Waals surface area (Å²) in [6.45, 7) is 0.603. The fraction of sp³-hybridized carbons (Fsp3) is 0.391. The summed E-state index contributed by atoms with van der Waals surface area (Å²) >= 11 is 0. The second-order valence-corrected chi connectivity index (χ2v) is 9.48. The smallest absolute Gasteiger partial charge is 0.262 e. The van der Waals surface area contributed by atoms with Crippen molar-refractivity contribution in [1.82, 2.24) is 4.31 Å². The Labute approximate surface area is 193 Å². The number of sulfonamides is 1. The number of carbonyl (C=O) groups excluding carboxylic acids is 2. The van der Waals surface area contributed by atoms with Gasteiger partial charge in [-0.05, 0) is 49.2 Å². The molecular formula is C23H28N2O7S. The highest BCUT2D eigenvalue weighted by molar-refractivity contribution is 7.89. The number of anilines is 1. The number of aldehydes is 1. The van der Waals surface area contributed by atoms with E-state index in [0.717, 1.165) is 25.7 Å². The highest BCUT2D eigenvalue weighted by atomic mass is 32.2. The minimum atomic E-state index is -3.69. The van der Waals surface area contributed by atoms with E-state index in [4.69, 9.17) is 14.2 Å². The Morgan fingerprint density at radius 1 is 0.970 bits per heavy atom. The van der Waals surface area contributed by atoms with Gasteiger partial charge in [0.15, 0.2) is 18.1 Å². The molecule has 1 heterocycles. The maximum Gasteiger partial charge on any atom is 0.262 e. The second-order valence-electron chi connectivity index (χ2n) is 7.55. The van der Waals surface area contributed by atoms with Gasteiger partial charge in [0.25, 0.3) is 5.91 Å². The number of methoxy groups -OCH3 is 2. The van der Waals surface area contributed by atoms with Crippen molar-refractivity contribution in [2.24, 2.45) is 0 Å². The van der Waals surface area contributed by atoms with Gasteiger partial charge >= 0.3 is 0 Å². The van der Waals surface area contributed by atoms with Crippen LogP contribution in [-0.2, 0) is 14.8 Å². The summed E-state index contributed by atoms with van der Waals surface area (Å²) in [6, 6.07) is 8.97. The first kappa shape index (κ1) is 24.5. The van der Waals surface area contributed by atoms with E-state index in [1.54, 1.807) is 6.07 Å². The Bertz CT molecular complexity index is 1090. The van der Waals surface area contributed by atoms with Crippen LogP contribution >= 0.6 is 0 Å². The van der Waals surface area contributed by atoms with Gasteiger partial charge in [0, 0.05) is 18.7 Å². The van der Waals surface area contributed by atoms with E-state index in [0.29, 0.717) is 42.2 Å². The van der Waals surface area contributed by atoms with Gasteiger partial charge in [-0.15, -0.1) is 0 Å². The molecule has 1 saturated heterocycles. The van der Waals surface area contributed by atoms with Crippen LogP contribution in [0.4, 0.5) is 5.69 Å². The summed E-state index contributed by atoms with van der Waals surface area (Å²) in [7, 11) is -0.826. The maximum atomic E-state index is 13.1. The van der Waals surface area contributed by atoms with Crippen molar-refractivity contribution in [2.75, 3.05) is 39.2 Å². The van der Waals surface area contributed by atoms with E-state index in [1.807, 2.05) is 0 Å². The van der Waals surface area contributed by atoms with Crippen molar-refractivity contribution in [1.29, 1.82) is 0 Å². The Balaban J connectivity index is 1.74. The topological polar surface area (TPSA) is 111 Å². The zero-order chi connectivity index (χ0) is 23.8. The quantitative estimate of drug-likeness (QED) is 0.554. The normalized spacial score (nSPS) is 14.7. The Hall–Kier alpha value is -3.11. The van der Waals surface area contributed by atoms with Gasteiger partial charge in [-0.3, -0.25) is 9.59 Å². The first-order valence-corrected chi connectivity index (χ1v) is 12.1. The minimum absolute atomic E-state index is 0.0903. The molecule has 0 spiro atoms. The van der Waals surface area contributed by atoms with Crippen LogP contribution in [-0.4, -0.2) is 58.8 Å². The number of ether oxygens (including phenoxy) is 3. The number of nitrogens with zero attached hydrogens (tertiary/aromatic N) is 1. The number of nitrogens with one attached hydrogen (secondary N) is 1. The summed E-state index contributed by atoms with van der Waals surface area (Å²) in [5, 5.41) is 2.65. The predicted octanol–water partition coefficient (Wildman–Crippen LogP) is 3.10. The fourth-order valence-corrected chi connectivity index (χ4v) is 5.13. The van der Waals surface area contributed by atoms with Crippen LogP contribution in [0.3, 0.4) is 0 Å². The van der Waals surface area contributed by atoms with Crippen LogP contribution in [0.5, 0.6) is 17.2 Å². The molecule has 1 N–H and O–H groups in total. The molecule has 0 aliphatic carbocycles. The van der Waals surface area contributed by atoms with Gasteiger partial charge < -0.3 is 19.5 Å². The predicted molar refractivity (Wildman–Crippen MR) is 123 cm³/mol. The van der Waals surface area contributed by atoms with E-state index in [-0.39, 0.29) is 17.2 Å². The van der Waals surface area contributed by atoms with Crippen molar-refractivity contribution < 1.29 is 32.2 Å². The molecule has 1 aliphatic heterocycles. The van der Waals surface area contributed by atoms with E-state index < -0.39 is 15.9 Å². The van der Waals surface area contributed by atoms with Crippen molar-refractivity contribution in [3.05, 3.63) is 42.0 Å². The molecule has 2 aromatic carbocycles. The van der Waals surface area contributed by atoms with E-state index in [1.165, 1.54) is 48.9 Å². The summed E-state index contributed by atoms with van der Waals surface area (Å²) in [4.78, 5) is 23.5. The molecule has 0 atom stereocenters. The number of amides is 1. The van der Waals surface area contributed by atoms with Gasteiger partial charge in [0.05, 0.1) is 24.8 Å². The van der Waals surface area contributed by atoms with Crippen molar-refractivity contribution in [3.8, 4) is 17.2 Å². The fourth-order valence-electron chi connectivity index (χ4n) is 3.58. The standard InChI is InChI=1S/C23H28N2O7S/c1-30-20-10-8-18(33(28,29)25-11-5-3-4-6-12-25)14-19(20)24-23(27)16-32-21-9-7-17(15-26)13-22(21)31-2/h7-10,13-15H,3-6,11-12,16H2,1-2H3,(H,24,27). The van der Waals surface area contributed by atoms with Gasteiger partial charge in [-0.25, -0.2) is 8.42 Å². The second kappa shape index (κ2) is 11.2. The van der Waals surface area contributed by atoms with Gasteiger partial charge in [-0.1, -0.05) is 12.8 Å². The lowest BCUT2D eigenvalue weighted by Gasteiger charge is -2.21. The van der Waals surface area contributed by atoms with Crippen LogP contribution < -0.4 is 19.5 Å². The maximum absolute atomic E-state index is 13.1. The lowest BCUT2D eigenvalue weighted by Crippen LogP contribution is -2.32. The van der Waals surface area contributed by atoms with Gasteiger partial charge in [0.2, 0.25) is 10.0 Å². The molecule has 10 heteroatoms. The molecular weight excluding hydrogens is 448 g/mol. The molecule has 1 fully saturated rings. The molecule has 3 rings (SSSR count). The van der Waals surface area contributed by atoms with Crippen LogP contribution in [0.2, 0.25) is 0 Å². The minimum Gasteiger partial charge on any atom is -0.495 e. The first-order valence-electron chi connectivity index (χ1n) is 10.6. The molecule has 0 bridgehead atoms. The van der Waals surface area contributed by atoms with E-state index in [2.05, 4.69) is 5.32 Å². The number of hydrogen-bond donors (Lipinski definition) is 1. The Morgan fingerprint density at radius 2 is 1.64 bits per heavy atom. The molecule has 9 nitrogen and oxygen atoms in total. The third-order valence-electron chi connectivity index (χ3n) is 5.33.